The van der Waals surface area contributed by atoms with Crippen LogP contribution in [0.5, 0.6) is 17.2 Å². The van der Waals surface area contributed by atoms with Crippen molar-refractivity contribution < 1.29 is 19.0 Å². The van der Waals surface area contributed by atoms with Crippen LogP contribution in [0.25, 0.3) is 0 Å². The van der Waals surface area contributed by atoms with Gasteiger partial charge in [-0.15, -0.1) is 0 Å². The Morgan fingerprint density at radius 1 is 1.21 bits per heavy atom. The average Bonchev–Trinajstić information content (AvgIpc) is 2.88. The molecule has 2 aromatic rings. The number of hydrogen-bond acceptors (Lipinski definition) is 5. The van der Waals surface area contributed by atoms with E-state index >= 15 is 0 Å². The number of benzene rings is 2. The number of nitrogens with zero attached hydrogens (tertiary/aromatic N) is 1. The van der Waals surface area contributed by atoms with E-state index in [1.54, 1.807) is 12.1 Å². The fourth-order valence-corrected chi connectivity index (χ4v) is 3.02. The molecule has 0 aliphatic carbocycles. The zero-order chi connectivity index (χ0) is 19.9. The van der Waals surface area contributed by atoms with Gasteiger partial charge in [-0.05, 0) is 25.6 Å². The minimum absolute atomic E-state index is 0.158. The summed E-state index contributed by atoms with van der Waals surface area (Å²) in [6.45, 7) is 4.51. The van der Waals surface area contributed by atoms with Crippen molar-refractivity contribution in [2.45, 2.75) is 13.3 Å². The molecule has 1 N–H and O–H groups in total. The predicted molar refractivity (Wildman–Crippen MR) is 110 cm³/mol. The van der Waals surface area contributed by atoms with E-state index in [4.69, 9.17) is 25.8 Å². The van der Waals surface area contributed by atoms with Crippen molar-refractivity contribution in [2.24, 2.45) is 0 Å². The Bertz CT molecular complexity index is 828. The monoisotopic (exact) mass is 404 g/mol. The number of ether oxygens (including phenoxy) is 3. The van der Waals surface area contributed by atoms with Crippen molar-refractivity contribution in [3.05, 3.63) is 47.0 Å². The second-order valence-corrected chi connectivity index (χ2v) is 7.14. The summed E-state index contributed by atoms with van der Waals surface area (Å²) in [4.78, 5) is 14.3. The molecule has 6 nitrogen and oxygen atoms in total. The Morgan fingerprint density at radius 3 is 2.68 bits per heavy atom. The predicted octanol–water partition coefficient (Wildman–Crippen LogP) is 3.76. The van der Waals surface area contributed by atoms with Crippen molar-refractivity contribution >= 4 is 23.2 Å². The Hall–Kier alpha value is -2.44. The number of aryl methyl sites for hydroxylation is 1. The Labute approximate surface area is 170 Å². The largest absolute Gasteiger partial charge is 0.492 e. The zero-order valence-corrected chi connectivity index (χ0v) is 16.9. The minimum atomic E-state index is -0.158. The first-order valence-electron chi connectivity index (χ1n) is 9.29. The topological polar surface area (TPSA) is 60.0 Å². The van der Waals surface area contributed by atoms with Gasteiger partial charge >= 0.3 is 0 Å². The maximum absolute atomic E-state index is 12.4. The molecule has 0 saturated heterocycles. The number of para-hydroxylation sites is 1. The van der Waals surface area contributed by atoms with Crippen LogP contribution in [-0.4, -0.2) is 50.8 Å². The van der Waals surface area contributed by atoms with Crippen LogP contribution in [0, 0.1) is 6.92 Å². The summed E-state index contributed by atoms with van der Waals surface area (Å²) in [5.74, 6) is 1.90. The SMILES string of the molecule is Cc1ccccc1OCCN(C)CC(=O)Nc1cc2c(cc1Cl)OCCCO2. The molecular formula is C21H25ClN2O4. The quantitative estimate of drug-likeness (QED) is 0.761. The fraction of sp³-hybridized carbons (Fsp3) is 0.381. The summed E-state index contributed by atoms with van der Waals surface area (Å²) in [5.41, 5.74) is 1.60. The first kappa shape index (κ1) is 20.3. The van der Waals surface area contributed by atoms with Crippen LogP contribution in [0.1, 0.15) is 12.0 Å². The molecule has 0 fully saturated rings. The third-order valence-electron chi connectivity index (χ3n) is 4.35. The number of amides is 1. The van der Waals surface area contributed by atoms with Gasteiger partial charge in [-0.2, -0.15) is 0 Å². The Balaban J connectivity index is 1.49. The Morgan fingerprint density at radius 2 is 1.93 bits per heavy atom. The van der Waals surface area contributed by atoms with Gasteiger partial charge in [0.05, 0.1) is 30.5 Å². The number of rotatable bonds is 7. The summed E-state index contributed by atoms with van der Waals surface area (Å²) in [6, 6.07) is 11.3. The van der Waals surface area contributed by atoms with E-state index in [1.807, 2.05) is 43.1 Å². The molecule has 0 saturated carbocycles. The summed E-state index contributed by atoms with van der Waals surface area (Å²) in [6.07, 6.45) is 0.809. The molecule has 1 aliphatic rings. The van der Waals surface area contributed by atoms with E-state index in [1.165, 1.54) is 0 Å². The molecule has 0 unspecified atom stereocenters. The van der Waals surface area contributed by atoms with E-state index in [0.29, 0.717) is 48.6 Å². The number of fused-ring (bicyclic) bond motifs is 1. The van der Waals surface area contributed by atoms with Gasteiger partial charge in [-0.25, -0.2) is 0 Å². The number of likely N-dealkylation sites (N-methyl/N-ethyl adjacent to an activating group) is 1. The standard InChI is InChI=1S/C21H25ClN2O4/c1-15-6-3-4-7-18(15)28-11-8-24(2)14-21(25)23-17-13-20-19(12-16(17)22)26-9-5-10-27-20/h3-4,6-7,12-13H,5,8-11,14H2,1-2H3,(H,23,25). The molecule has 1 aliphatic heterocycles. The molecule has 1 heterocycles. The van der Waals surface area contributed by atoms with Crippen LogP contribution in [0.15, 0.2) is 36.4 Å². The smallest absolute Gasteiger partial charge is 0.238 e. The Kier molecular flexibility index (Phi) is 7.01. The van der Waals surface area contributed by atoms with Crippen LogP contribution in [0.2, 0.25) is 5.02 Å². The zero-order valence-electron chi connectivity index (χ0n) is 16.2. The van der Waals surface area contributed by atoms with E-state index in [2.05, 4.69) is 5.32 Å². The lowest BCUT2D eigenvalue weighted by Gasteiger charge is -2.18. The number of carbonyl (C=O) groups excluding carboxylic acids is 1. The van der Waals surface area contributed by atoms with Crippen LogP contribution in [0.4, 0.5) is 5.69 Å². The highest BCUT2D eigenvalue weighted by Gasteiger charge is 2.16. The molecule has 150 valence electrons. The fourth-order valence-electron chi connectivity index (χ4n) is 2.82. The summed E-state index contributed by atoms with van der Waals surface area (Å²) in [7, 11) is 1.87. The van der Waals surface area contributed by atoms with Crippen LogP contribution in [-0.2, 0) is 4.79 Å². The molecule has 7 heteroatoms. The van der Waals surface area contributed by atoms with Gasteiger partial charge in [0.25, 0.3) is 0 Å². The number of carbonyl (C=O) groups is 1. The van der Waals surface area contributed by atoms with Gasteiger partial charge in [0.2, 0.25) is 5.91 Å². The summed E-state index contributed by atoms with van der Waals surface area (Å²) < 4.78 is 17.0. The van der Waals surface area contributed by atoms with Crippen molar-refractivity contribution in [1.82, 2.24) is 4.90 Å². The second-order valence-electron chi connectivity index (χ2n) is 6.73. The number of hydrogen-bond donors (Lipinski definition) is 1. The van der Waals surface area contributed by atoms with Crippen LogP contribution >= 0.6 is 11.6 Å². The third kappa shape index (κ3) is 5.53. The first-order chi connectivity index (χ1) is 13.5. The average molecular weight is 405 g/mol. The maximum Gasteiger partial charge on any atom is 0.238 e. The lowest BCUT2D eigenvalue weighted by Crippen LogP contribution is -2.33. The first-order valence-corrected chi connectivity index (χ1v) is 9.66. The molecule has 0 radical (unpaired) electrons. The van der Waals surface area contributed by atoms with E-state index in [0.717, 1.165) is 17.7 Å². The highest BCUT2D eigenvalue weighted by molar-refractivity contribution is 6.34. The summed E-state index contributed by atoms with van der Waals surface area (Å²) >= 11 is 6.28. The molecule has 0 bridgehead atoms. The van der Waals surface area contributed by atoms with Crippen molar-refractivity contribution in [2.75, 3.05) is 45.3 Å². The van der Waals surface area contributed by atoms with Crippen molar-refractivity contribution in [1.29, 1.82) is 0 Å². The molecule has 0 aromatic heterocycles. The van der Waals surface area contributed by atoms with Gasteiger partial charge in [-0.3, -0.25) is 9.69 Å². The lowest BCUT2D eigenvalue weighted by molar-refractivity contribution is -0.117. The maximum atomic E-state index is 12.4. The minimum Gasteiger partial charge on any atom is -0.492 e. The molecular weight excluding hydrogens is 380 g/mol. The van der Waals surface area contributed by atoms with E-state index in [9.17, 15) is 4.79 Å². The molecule has 1 amide bonds. The summed E-state index contributed by atoms with van der Waals surface area (Å²) in [5, 5.41) is 3.26. The lowest BCUT2D eigenvalue weighted by atomic mass is 10.2. The third-order valence-corrected chi connectivity index (χ3v) is 4.66. The second kappa shape index (κ2) is 9.66. The normalized spacial score (nSPS) is 13.1. The van der Waals surface area contributed by atoms with Crippen molar-refractivity contribution in [3.8, 4) is 17.2 Å². The highest BCUT2D eigenvalue weighted by atomic mass is 35.5. The van der Waals surface area contributed by atoms with Gasteiger partial charge in [0.1, 0.15) is 12.4 Å². The van der Waals surface area contributed by atoms with E-state index in [-0.39, 0.29) is 12.5 Å². The molecule has 28 heavy (non-hydrogen) atoms. The highest BCUT2D eigenvalue weighted by Crippen LogP contribution is 2.37. The van der Waals surface area contributed by atoms with Crippen LogP contribution in [0.3, 0.4) is 0 Å². The molecule has 0 atom stereocenters. The molecule has 2 aromatic carbocycles. The van der Waals surface area contributed by atoms with Gasteiger partial charge in [-0.1, -0.05) is 29.8 Å². The van der Waals surface area contributed by atoms with Crippen molar-refractivity contribution in [3.63, 3.8) is 0 Å². The van der Waals surface area contributed by atoms with Gasteiger partial charge in [0.15, 0.2) is 11.5 Å². The van der Waals surface area contributed by atoms with Gasteiger partial charge in [0, 0.05) is 25.1 Å². The molecule has 0 spiro atoms. The number of halogens is 1. The number of anilines is 1. The molecule has 3 rings (SSSR count). The van der Waals surface area contributed by atoms with E-state index < -0.39 is 0 Å². The van der Waals surface area contributed by atoms with Crippen LogP contribution < -0.4 is 19.5 Å². The number of nitrogens with one attached hydrogen (secondary N) is 1. The van der Waals surface area contributed by atoms with Gasteiger partial charge < -0.3 is 19.5 Å².